The van der Waals surface area contributed by atoms with E-state index in [0.29, 0.717) is 22.6 Å². The summed E-state index contributed by atoms with van der Waals surface area (Å²) in [5.74, 6) is -0.261. The lowest BCUT2D eigenvalue weighted by Gasteiger charge is -2.06. The average molecular weight is 323 g/mol. The van der Waals surface area contributed by atoms with Crippen molar-refractivity contribution in [2.24, 2.45) is 0 Å². The van der Waals surface area contributed by atoms with E-state index in [-0.39, 0.29) is 24.0 Å². The Morgan fingerprint density at radius 1 is 0.917 bits per heavy atom. The van der Waals surface area contributed by atoms with Gasteiger partial charge in [-0.1, -0.05) is 0 Å². The van der Waals surface area contributed by atoms with Crippen molar-refractivity contribution in [2.75, 3.05) is 6.61 Å². The minimum atomic E-state index is -0.387. The van der Waals surface area contributed by atoms with Crippen LogP contribution in [-0.2, 0) is 0 Å². The van der Waals surface area contributed by atoms with Crippen LogP contribution in [0.3, 0.4) is 0 Å². The van der Waals surface area contributed by atoms with E-state index in [1.54, 1.807) is 42.6 Å². The number of ketones is 2. The fourth-order valence-electron chi connectivity index (χ4n) is 2.20. The second-order valence-electron chi connectivity index (χ2n) is 5.16. The van der Waals surface area contributed by atoms with E-state index in [4.69, 9.17) is 4.74 Å². The molecule has 0 aliphatic rings. The third-order valence-corrected chi connectivity index (χ3v) is 3.49. The van der Waals surface area contributed by atoms with Gasteiger partial charge >= 0.3 is 0 Å². The molecule has 1 N–H and O–H groups in total. The standard InChI is InChI=1S/C19H14FNO3/c20-15-7-3-13(4-8-15)19(23)14-5-9-16(10-6-14)24-12-18(22)17-2-1-11-21-17/h1-11,21H,12H2. The van der Waals surface area contributed by atoms with Crippen LogP contribution in [0.25, 0.3) is 0 Å². The van der Waals surface area contributed by atoms with Crippen molar-refractivity contribution in [1.29, 1.82) is 0 Å². The molecule has 0 fully saturated rings. The second-order valence-corrected chi connectivity index (χ2v) is 5.16. The minimum Gasteiger partial charge on any atom is -0.485 e. The van der Waals surface area contributed by atoms with Gasteiger partial charge in [0.1, 0.15) is 11.6 Å². The van der Waals surface area contributed by atoms with Crippen molar-refractivity contribution in [2.45, 2.75) is 0 Å². The van der Waals surface area contributed by atoms with Crippen LogP contribution >= 0.6 is 0 Å². The lowest BCUT2D eigenvalue weighted by molar-refractivity contribution is 0.0916. The Kier molecular flexibility index (Phi) is 4.52. The lowest BCUT2D eigenvalue weighted by atomic mass is 10.0. The van der Waals surface area contributed by atoms with E-state index in [0.717, 1.165) is 0 Å². The number of ether oxygens (including phenoxy) is 1. The molecule has 0 saturated carbocycles. The molecular weight excluding hydrogens is 309 g/mol. The summed E-state index contributed by atoms with van der Waals surface area (Å²) in [6.45, 7) is -0.0915. The number of halogens is 1. The largest absolute Gasteiger partial charge is 0.485 e. The second kappa shape index (κ2) is 6.91. The van der Waals surface area contributed by atoms with Gasteiger partial charge < -0.3 is 9.72 Å². The Morgan fingerprint density at radius 3 is 2.12 bits per heavy atom. The Balaban J connectivity index is 1.63. The van der Waals surface area contributed by atoms with Crippen LogP contribution in [-0.4, -0.2) is 23.2 Å². The monoisotopic (exact) mass is 323 g/mol. The van der Waals surface area contributed by atoms with E-state index in [2.05, 4.69) is 4.98 Å². The highest BCUT2D eigenvalue weighted by Crippen LogP contribution is 2.16. The molecule has 0 unspecified atom stereocenters. The average Bonchev–Trinajstić information content (AvgIpc) is 3.15. The number of hydrogen-bond donors (Lipinski definition) is 1. The maximum atomic E-state index is 12.9. The van der Waals surface area contributed by atoms with Crippen LogP contribution in [0.4, 0.5) is 4.39 Å². The molecule has 3 rings (SSSR count). The molecule has 120 valence electrons. The maximum Gasteiger partial charge on any atom is 0.216 e. The van der Waals surface area contributed by atoms with Crippen LogP contribution in [0, 0.1) is 5.82 Å². The van der Waals surface area contributed by atoms with Crippen LogP contribution in [0.1, 0.15) is 26.4 Å². The van der Waals surface area contributed by atoms with E-state index in [1.165, 1.54) is 24.3 Å². The zero-order valence-corrected chi connectivity index (χ0v) is 12.7. The van der Waals surface area contributed by atoms with Gasteiger partial charge in [-0.2, -0.15) is 0 Å². The molecule has 3 aromatic rings. The summed E-state index contributed by atoms with van der Waals surface area (Å²) >= 11 is 0. The first-order valence-electron chi connectivity index (χ1n) is 7.33. The third kappa shape index (κ3) is 3.57. The number of carbonyl (C=O) groups is 2. The Morgan fingerprint density at radius 2 is 1.54 bits per heavy atom. The highest BCUT2D eigenvalue weighted by molar-refractivity contribution is 6.09. The molecule has 1 aromatic heterocycles. The Bertz CT molecular complexity index is 837. The number of H-pyrrole nitrogens is 1. The summed E-state index contributed by atoms with van der Waals surface area (Å²) in [5, 5.41) is 0. The van der Waals surface area contributed by atoms with Gasteiger partial charge in [0.15, 0.2) is 12.4 Å². The van der Waals surface area contributed by atoms with E-state index < -0.39 is 0 Å². The first-order valence-corrected chi connectivity index (χ1v) is 7.33. The molecule has 0 bridgehead atoms. The fraction of sp³-hybridized carbons (Fsp3) is 0.0526. The zero-order chi connectivity index (χ0) is 16.9. The molecule has 0 aliphatic carbocycles. The maximum absolute atomic E-state index is 12.9. The molecule has 0 amide bonds. The van der Waals surface area contributed by atoms with E-state index >= 15 is 0 Å². The normalized spacial score (nSPS) is 10.4. The third-order valence-electron chi connectivity index (χ3n) is 3.49. The summed E-state index contributed by atoms with van der Waals surface area (Å²) in [7, 11) is 0. The number of Topliss-reactive ketones (excluding diaryl/α,β-unsaturated/α-hetero) is 1. The van der Waals surface area contributed by atoms with Gasteiger partial charge in [-0.25, -0.2) is 4.39 Å². The molecule has 0 radical (unpaired) electrons. The van der Waals surface area contributed by atoms with Crippen LogP contribution in [0.15, 0.2) is 66.9 Å². The molecule has 1 heterocycles. The summed E-state index contributed by atoms with van der Waals surface area (Å²) in [4.78, 5) is 26.9. The molecule has 0 spiro atoms. The quantitative estimate of drug-likeness (QED) is 0.705. The van der Waals surface area contributed by atoms with Crippen molar-refractivity contribution >= 4 is 11.6 Å². The van der Waals surface area contributed by atoms with Crippen LogP contribution in [0.2, 0.25) is 0 Å². The predicted octanol–water partition coefficient (Wildman–Crippen LogP) is 3.65. The Labute approximate surface area is 137 Å². The number of carbonyl (C=O) groups excluding carboxylic acids is 2. The molecule has 0 saturated heterocycles. The van der Waals surface area contributed by atoms with Crippen molar-refractivity contribution in [3.63, 3.8) is 0 Å². The number of aromatic amines is 1. The molecule has 0 atom stereocenters. The van der Waals surface area contributed by atoms with Crippen molar-refractivity contribution in [1.82, 2.24) is 4.98 Å². The topological polar surface area (TPSA) is 59.2 Å². The zero-order valence-electron chi connectivity index (χ0n) is 12.7. The lowest BCUT2D eigenvalue weighted by Crippen LogP contribution is -2.12. The van der Waals surface area contributed by atoms with Crippen molar-refractivity contribution in [3.8, 4) is 5.75 Å². The van der Waals surface area contributed by atoms with Gasteiger partial charge in [-0.3, -0.25) is 9.59 Å². The van der Waals surface area contributed by atoms with Gasteiger partial charge in [0.25, 0.3) is 0 Å². The number of rotatable bonds is 6. The minimum absolute atomic E-state index is 0.0915. The summed E-state index contributed by atoms with van der Waals surface area (Å²) in [5.41, 5.74) is 1.36. The van der Waals surface area contributed by atoms with Crippen LogP contribution in [0.5, 0.6) is 5.75 Å². The van der Waals surface area contributed by atoms with E-state index in [9.17, 15) is 14.0 Å². The molecule has 4 nitrogen and oxygen atoms in total. The van der Waals surface area contributed by atoms with E-state index in [1.807, 2.05) is 0 Å². The smallest absolute Gasteiger partial charge is 0.216 e. The van der Waals surface area contributed by atoms with Gasteiger partial charge in [0.05, 0.1) is 5.69 Å². The highest BCUT2D eigenvalue weighted by Gasteiger charge is 2.10. The fourth-order valence-corrected chi connectivity index (χ4v) is 2.20. The van der Waals surface area contributed by atoms with Gasteiger partial charge in [0.2, 0.25) is 5.78 Å². The van der Waals surface area contributed by atoms with Crippen molar-refractivity contribution in [3.05, 3.63) is 89.5 Å². The summed E-state index contributed by atoms with van der Waals surface area (Å²) in [6, 6.07) is 15.3. The number of nitrogens with one attached hydrogen (secondary N) is 1. The molecule has 5 heteroatoms. The summed E-state index contributed by atoms with van der Waals surface area (Å²) < 4.78 is 18.3. The molecule has 0 aliphatic heterocycles. The van der Waals surface area contributed by atoms with Gasteiger partial charge in [-0.15, -0.1) is 0 Å². The highest BCUT2D eigenvalue weighted by atomic mass is 19.1. The number of hydrogen-bond acceptors (Lipinski definition) is 3. The van der Waals surface area contributed by atoms with Crippen LogP contribution < -0.4 is 4.74 Å². The number of aromatic nitrogens is 1. The van der Waals surface area contributed by atoms with Gasteiger partial charge in [-0.05, 0) is 60.7 Å². The first kappa shape index (κ1) is 15.7. The molecule has 24 heavy (non-hydrogen) atoms. The Hall–Kier alpha value is -3.21. The predicted molar refractivity (Wildman–Crippen MR) is 86.9 cm³/mol. The van der Waals surface area contributed by atoms with Gasteiger partial charge in [0, 0.05) is 17.3 Å². The molecular formula is C19H14FNO3. The first-order chi connectivity index (χ1) is 11.6. The SMILES string of the molecule is O=C(c1ccc(F)cc1)c1ccc(OCC(=O)c2ccc[nH]2)cc1. The summed E-state index contributed by atoms with van der Waals surface area (Å²) in [6.07, 6.45) is 1.67. The molecule has 2 aromatic carbocycles. The van der Waals surface area contributed by atoms with Crippen molar-refractivity contribution < 1.29 is 18.7 Å². The number of benzene rings is 2.